The fraction of sp³-hybridized carbons (Fsp3) is 0.444. The molecule has 0 amide bonds. The first-order valence-corrected chi connectivity index (χ1v) is 9.53. The van der Waals surface area contributed by atoms with E-state index in [0.717, 1.165) is 13.2 Å². The lowest BCUT2D eigenvalue weighted by atomic mass is 9.91. The van der Waals surface area contributed by atoms with E-state index in [2.05, 4.69) is 0 Å². The molecule has 3 rings (SSSR count). The normalized spacial score (nSPS) is 28.7. The first-order chi connectivity index (χ1) is 14.2. The van der Waals surface area contributed by atoms with Crippen molar-refractivity contribution in [1.82, 2.24) is 0 Å². The third-order valence-corrected chi connectivity index (χ3v) is 6.00. The van der Waals surface area contributed by atoms with Gasteiger partial charge < -0.3 is 44.8 Å². The van der Waals surface area contributed by atoms with E-state index in [4.69, 9.17) is 14.2 Å². The Bertz CT molecular complexity index is 910. The highest BCUT2D eigenvalue weighted by molar-refractivity contribution is 8.04. The molecule has 5 atom stereocenters. The van der Waals surface area contributed by atoms with Crippen LogP contribution in [0.2, 0.25) is 0 Å². The number of benzene rings is 1. The summed E-state index contributed by atoms with van der Waals surface area (Å²) in [5.74, 6) is -3.79. The van der Waals surface area contributed by atoms with E-state index >= 15 is 0 Å². The van der Waals surface area contributed by atoms with Crippen LogP contribution in [0.4, 0.5) is 0 Å². The smallest absolute Gasteiger partial charge is 0.207 e. The van der Waals surface area contributed by atoms with Gasteiger partial charge in [-0.3, -0.25) is 9.59 Å². The number of ether oxygens (including phenoxy) is 3. The molecule has 1 saturated heterocycles. The van der Waals surface area contributed by atoms with Crippen LogP contribution in [0.25, 0.3) is 0 Å². The van der Waals surface area contributed by atoms with E-state index in [0.29, 0.717) is 11.8 Å². The van der Waals surface area contributed by atoms with Crippen molar-refractivity contribution in [1.29, 1.82) is 0 Å². The summed E-state index contributed by atoms with van der Waals surface area (Å²) >= 11 is 0.559. The summed E-state index contributed by atoms with van der Waals surface area (Å²) in [5.41, 5.74) is -2.32. The van der Waals surface area contributed by atoms with Crippen LogP contribution in [-0.2, 0) is 4.74 Å². The number of carbonyl (C=O) groups is 2. The quantitative estimate of drug-likeness (QED) is 0.302. The lowest BCUT2D eigenvalue weighted by Crippen LogP contribution is -2.57. The van der Waals surface area contributed by atoms with Crippen LogP contribution in [0, 0.1) is 0 Å². The number of fused-ring (bicyclic) bond motifs is 1. The molecule has 6 N–H and O–H groups in total. The molecule has 12 heteroatoms. The van der Waals surface area contributed by atoms with Crippen LogP contribution >= 0.6 is 11.8 Å². The second-order valence-corrected chi connectivity index (χ2v) is 7.67. The van der Waals surface area contributed by atoms with Gasteiger partial charge in [0.15, 0.2) is 17.3 Å². The molecule has 1 aromatic carbocycles. The van der Waals surface area contributed by atoms with E-state index in [1.54, 1.807) is 0 Å². The average Bonchev–Trinajstić information content (AvgIpc) is 2.72. The van der Waals surface area contributed by atoms with Gasteiger partial charge in [-0.05, 0) is 0 Å². The van der Waals surface area contributed by atoms with Crippen LogP contribution in [0.15, 0.2) is 11.0 Å². The van der Waals surface area contributed by atoms with Crippen molar-refractivity contribution in [3.63, 3.8) is 0 Å². The van der Waals surface area contributed by atoms with Gasteiger partial charge in [0.1, 0.15) is 29.9 Å². The maximum absolute atomic E-state index is 13.0. The number of rotatable bonds is 5. The molecule has 11 nitrogen and oxygen atoms in total. The number of Topliss-reactive ketones (excluding diaryl/α,β-unsaturated/α-hetero) is 1. The summed E-state index contributed by atoms with van der Waals surface area (Å²) < 4.78 is 15.3. The SMILES string of the molecule is COc1c(O)c2c(c(O)c1OC)C(=O)C(S[C@H]1O[C@H](CO)[C@@H](O)[C@H](O)[C@H]1O)=CC2=O. The molecule has 30 heavy (non-hydrogen) atoms. The van der Waals surface area contributed by atoms with Crippen molar-refractivity contribution in [3.8, 4) is 23.0 Å². The Kier molecular flexibility index (Phi) is 6.26. The molecule has 0 bridgehead atoms. The van der Waals surface area contributed by atoms with E-state index in [9.17, 15) is 40.2 Å². The molecule has 0 spiro atoms. The van der Waals surface area contributed by atoms with Gasteiger partial charge in [0, 0.05) is 6.08 Å². The number of phenolic OH excluding ortho intramolecular Hbond substituents is 2. The zero-order chi connectivity index (χ0) is 22.3. The fourth-order valence-corrected chi connectivity index (χ4v) is 4.41. The second kappa shape index (κ2) is 8.41. The number of aliphatic hydroxyl groups is 4. The number of carbonyl (C=O) groups excluding carboxylic acids is 2. The van der Waals surface area contributed by atoms with Crippen molar-refractivity contribution in [2.75, 3.05) is 20.8 Å². The molecule has 0 radical (unpaired) electrons. The van der Waals surface area contributed by atoms with Gasteiger partial charge in [-0.1, -0.05) is 11.8 Å². The van der Waals surface area contributed by atoms with Gasteiger partial charge in [0.25, 0.3) is 0 Å². The Hall–Kier alpha value is -2.35. The summed E-state index contributed by atoms with van der Waals surface area (Å²) in [7, 11) is 2.34. The average molecular weight is 444 g/mol. The molecule has 0 saturated carbocycles. The zero-order valence-corrected chi connectivity index (χ0v) is 16.6. The minimum absolute atomic E-state index is 0.265. The van der Waals surface area contributed by atoms with Crippen molar-refractivity contribution < 1.29 is 54.4 Å². The fourth-order valence-electron chi connectivity index (χ4n) is 3.28. The molecular weight excluding hydrogens is 424 g/mol. The van der Waals surface area contributed by atoms with Crippen molar-refractivity contribution in [2.24, 2.45) is 0 Å². The van der Waals surface area contributed by atoms with Gasteiger partial charge >= 0.3 is 0 Å². The monoisotopic (exact) mass is 444 g/mol. The number of phenols is 2. The molecule has 0 aromatic heterocycles. The molecule has 2 aliphatic rings. The Morgan fingerprint density at radius 3 is 2.07 bits per heavy atom. The van der Waals surface area contributed by atoms with E-state index in [1.165, 1.54) is 7.11 Å². The van der Waals surface area contributed by atoms with Crippen LogP contribution in [0.1, 0.15) is 20.7 Å². The Morgan fingerprint density at radius 1 is 0.967 bits per heavy atom. The van der Waals surface area contributed by atoms with E-state index in [1.807, 2.05) is 0 Å². The van der Waals surface area contributed by atoms with Crippen LogP contribution in [-0.4, -0.2) is 92.9 Å². The zero-order valence-electron chi connectivity index (χ0n) is 15.8. The minimum Gasteiger partial charge on any atom is -0.504 e. The third-order valence-electron chi connectivity index (χ3n) is 4.82. The Balaban J connectivity index is 2.00. The van der Waals surface area contributed by atoms with Gasteiger partial charge in [-0.25, -0.2) is 0 Å². The van der Waals surface area contributed by atoms with Crippen molar-refractivity contribution in [3.05, 3.63) is 22.1 Å². The topological polar surface area (TPSA) is 183 Å². The highest BCUT2D eigenvalue weighted by atomic mass is 32.2. The highest BCUT2D eigenvalue weighted by Crippen LogP contribution is 2.51. The first kappa shape index (κ1) is 22.3. The lowest BCUT2D eigenvalue weighted by Gasteiger charge is -2.39. The summed E-state index contributed by atoms with van der Waals surface area (Å²) in [4.78, 5) is 25.3. The second-order valence-electron chi connectivity index (χ2n) is 6.53. The minimum atomic E-state index is -1.67. The number of hydrogen-bond acceptors (Lipinski definition) is 12. The lowest BCUT2D eigenvalue weighted by molar-refractivity contribution is -0.205. The number of methoxy groups -OCH3 is 2. The van der Waals surface area contributed by atoms with Crippen LogP contribution in [0.5, 0.6) is 23.0 Å². The molecule has 0 unspecified atom stereocenters. The predicted octanol–water partition coefficient (Wildman–Crippen LogP) is -1.09. The van der Waals surface area contributed by atoms with Crippen molar-refractivity contribution >= 4 is 23.3 Å². The van der Waals surface area contributed by atoms with E-state index in [-0.39, 0.29) is 16.4 Å². The van der Waals surface area contributed by atoms with Gasteiger partial charge in [0.05, 0.1) is 36.9 Å². The highest BCUT2D eigenvalue weighted by Gasteiger charge is 2.45. The van der Waals surface area contributed by atoms with Crippen LogP contribution in [0.3, 0.4) is 0 Å². The maximum atomic E-state index is 13.0. The van der Waals surface area contributed by atoms with Gasteiger partial charge in [0.2, 0.25) is 17.3 Å². The Morgan fingerprint density at radius 2 is 1.53 bits per heavy atom. The maximum Gasteiger partial charge on any atom is 0.207 e. The number of hydrogen-bond donors (Lipinski definition) is 6. The van der Waals surface area contributed by atoms with Crippen molar-refractivity contribution in [2.45, 2.75) is 29.9 Å². The molecule has 164 valence electrons. The largest absolute Gasteiger partial charge is 0.504 e. The number of allylic oxidation sites excluding steroid dienone is 2. The Labute approximate surface area is 174 Å². The number of aliphatic hydroxyl groups excluding tert-OH is 4. The number of ketones is 2. The molecule has 1 heterocycles. The van der Waals surface area contributed by atoms with E-state index < -0.39 is 70.7 Å². The van der Waals surface area contributed by atoms with Crippen LogP contribution < -0.4 is 9.47 Å². The standard InChI is InChI=1S/C18H20O11S/c1-27-16-12(23)8-5(20)3-7(11(22)9(8)13(24)17(16)28-2)30-18-15(26)14(25)10(21)6(4-19)29-18/h3,6,10,14-15,18-19,21,23-26H,4H2,1-2H3/t6-,10-,14+,15-,18-/m1/s1. The summed E-state index contributed by atoms with van der Waals surface area (Å²) in [5, 5.41) is 60.0. The summed E-state index contributed by atoms with van der Waals surface area (Å²) in [6.45, 7) is -0.664. The predicted molar refractivity (Wildman–Crippen MR) is 101 cm³/mol. The molecule has 1 aliphatic carbocycles. The third kappa shape index (κ3) is 3.41. The van der Waals surface area contributed by atoms with Gasteiger partial charge in [-0.2, -0.15) is 0 Å². The van der Waals surface area contributed by atoms with Gasteiger partial charge in [-0.15, -0.1) is 0 Å². The molecular formula is C18H20O11S. The molecule has 1 aromatic rings. The molecule has 1 aliphatic heterocycles. The summed E-state index contributed by atoms with van der Waals surface area (Å²) in [6.07, 6.45) is -5.23. The number of aromatic hydroxyl groups is 2. The summed E-state index contributed by atoms with van der Waals surface area (Å²) in [6, 6.07) is 0. The molecule has 1 fully saturated rings. The number of thioether (sulfide) groups is 1. The first-order valence-electron chi connectivity index (χ1n) is 8.65.